The van der Waals surface area contributed by atoms with Crippen LogP contribution in [0.4, 0.5) is 26.3 Å². The van der Waals surface area contributed by atoms with Crippen molar-refractivity contribution < 1.29 is 26.3 Å². The summed E-state index contributed by atoms with van der Waals surface area (Å²) in [6.45, 7) is 0. The standard InChI is InChI=1S/C8H6F6N2O/c9-7(10,11)1-4-3-15-16-6(17)5(4)2-8(12,13)14/h3H,1-2H2,(H,16,17). The van der Waals surface area contributed by atoms with Crippen molar-refractivity contribution in [3.8, 4) is 0 Å². The highest BCUT2D eigenvalue weighted by atomic mass is 19.4. The monoisotopic (exact) mass is 260 g/mol. The topological polar surface area (TPSA) is 45.8 Å². The molecule has 0 aromatic carbocycles. The summed E-state index contributed by atoms with van der Waals surface area (Å²) in [5, 5.41) is 4.73. The van der Waals surface area contributed by atoms with Crippen molar-refractivity contribution in [1.29, 1.82) is 0 Å². The van der Waals surface area contributed by atoms with Crippen molar-refractivity contribution in [2.45, 2.75) is 25.2 Å². The molecule has 0 aliphatic rings. The molecule has 0 bridgehead atoms. The molecule has 0 saturated carbocycles. The van der Waals surface area contributed by atoms with E-state index in [9.17, 15) is 31.1 Å². The summed E-state index contributed by atoms with van der Waals surface area (Å²) in [6, 6.07) is 0. The zero-order valence-electron chi connectivity index (χ0n) is 8.11. The highest BCUT2D eigenvalue weighted by molar-refractivity contribution is 5.22. The molecule has 0 radical (unpaired) electrons. The van der Waals surface area contributed by atoms with Crippen molar-refractivity contribution in [3.63, 3.8) is 0 Å². The van der Waals surface area contributed by atoms with E-state index in [1.807, 2.05) is 0 Å². The van der Waals surface area contributed by atoms with Crippen LogP contribution in [0.15, 0.2) is 11.0 Å². The van der Waals surface area contributed by atoms with Crippen LogP contribution in [-0.4, -0.2) is 22.5 Å². The Bertz CT molecular complexity index is 447. The fourth-order valence-electron chi connectivity index (χ4n) is 1.22. The van der Waals surface area contributed by atoms with Gasteiger partial charge in [-0.25, -0.2) is 5.10 Å². The summed E-state index contributed by atoms with van der Waals surface area (Å²) >= 11 is 0. The summed E-state index contributed by atoms with van der Waals surface area (Å²) in [6.07, 6.45) is -12.2. The van der Waals surface area contributed by atoms with Gasteiger partial charge < -0.3 is 0 Å². The third kappa shape index (κ3) is 4.45. The quantitative estimate of drug-likeness (QED) is 0.826. The summed E-state index contributed by atoms with van der Waals surface area (Å²) in [5.41, 5.74) is -2.98. The van der Waals surface area contributed by atoms with Gasteiger partial charge in [0.15, 0.2) is 0 Å². The maximum atomic E-state index is 12.1. The maximum absolute atomic E-state index is 12.1. The van der Waals surface area contributed by atoms with E-state index in [1.54, 1.807) is 5.10 Å². The van der Waals surface area contributed by atoms with Crippen LogP contribution >= 0.6 is 0 Å². The average molecular weight is 260 g/mol. The molecule has 0 aliphatic heterocycles. The first-order chi connectivity index (χ1) is 7.58. The predicted octanol–water partition coefficient (Wildman–Crippen LogP) is 1.98. The fraction of sp³-hybridized carbons (Fsp3) is 0.500. The number of alkyl halides is 6. The lowest BCUT2D eigenvalue weighted by Gasteiger charge is -2.11. The van der Waals surface area contributed by atoms with Gasteiger partial charge >= 0.3 is 12.4 Å². The van der Waals surface area contributed by atoms with Crippen LogP contribution in [0.3, 0.4) is 0 Å². The van der Waals surface area contributed by atoms with E-state index >= 15 is 0 Å². The number of hydrogen-bond donors (Lipinski definition) is 1. The maximum Gasteiger partial charge on any atom is 0.393 e. The molecule has 1 aromatic rings. The van der Waals surface area contributed by atoms with E-state index in [1.165, 1.54) is 0 Å². The second-order valence-electron chi connectivity index (χ2n) is 3.29. The lowest BCUT2D eigenvalue weighted by molar-refractivity contribution is -0.132. The molecule has 96 valence electrons. The molecule has 17 heavy (non-hydrogen) atoms. The first-order valence-electron chi connectivity index (χ1n) is 4.27. The molecule has 9 heteroatoms. The van der Waals surface area contributed by atoms with Crippen molar-refractivity contribution in [1.82, 2.24) is 10.2 Å². The van der Waals surface area contributed by atoms with Gasteiger partial charge in [0.25, 0.3) is 5.56 Å². The summed E-state index contributed by atoms with van der Waals surface area (Å²) < 4.78 is 72.4. The second-order valence-corrected chi connectivity index (χ2v) is 3.29. The van der Waals surface area contributed by atoms with Crippen LogP contribution in [0.2, 0.25) is 0 Å². The molecule has 3 nitrogen and oxygen atoms in total. The van der Waals surface area contributed by atoms with Crippen LogP contribution in [0.1, 0.15) is 11.1 Å². The smallest absolute Gasteiger partial charge is 0.268 e. The Labute approximate surface area is 90.5 Å². The van der Waals surface area contributed by atoms with Crippen LogP contribution in [0.25, 0.3) is 0 Å². The van der Waals surface area contributed by atoms with Gasteiger partial charge in [0.05, 0.1) is 19.0 Å². The summed E-state index contributed by atoms with van der Waals surface area (Å²) in [4.78, 5) is 11.0. The van der Waals surface area contributed by atoms with Gasteiger partial charge in [-0.3, -0.25) is 4.79 Å². The Morgan fingerprint density at radius 1 is 1.06 bits per heavy atom. The molecule has 0 fully saturated rings. The van der Waals surface area contributed by atoms with Gasteiger partial charge in [0.1, 0.15) is 0 Å². The van der Waals surface area contributed by atoms with Crippen molar-refractivity contribution >= 4 is 0 Å². The molecule has 0 atom stereocenters. The number of rotatable bonds is 2. The fourth-order valence-corrected chi connectivity index (χ4v) is 1.22. The highest BCUT2D eigenvalue weighted by Gasteiger charge is 2.34. The molecule has 1 N–H and O–H groups in total. The van der Waals surface area contributed by atoms with Crippen molar-refractivity contribution in [2.24, 2.45) is 0 Å². The average Bonchev–Trinajstić information content (AvgIpc) is 2.07. The lowest BCUT2D eigenvalue weighted by atomic mass is 10.1. The minimum Gasteiger partial charge on any atom is -0.268 e. The third-order valence-corrected chi connectivity index (χ3v) is 1.82. The van der Waals surface area contributed by atoms with E-state index < -0.39 is 41.9 Å². The van der Waals surface area contributed by atoms with Gasteiger partial charge in [-0.2, -0.15) is 31.4 Å². The molecule has 0 amide bonds. The van der Waals surface area contributed by atoms with E-state index in [2.05, 4.69) is 5.10 Å². The van der Waals surface area contributed by atoms with E-state index in [-0.39, 0.29) is 0 Å². The molecule has 0 unspecified atom stereocenters. The SMILES string of the molecule is O=c1[nH]ncc(CC(F)(F)F)c1CC(F)(F)F. The molecule has 1 heterocycles. The van der Waals surface area contributed by atoms with Crippen LogP contribution in [-0.2, 0) is 12.8 Å². The minimum absolute atomic E-state index is 0.579. The number of H-pyrrole nitrogens is 1. The van der Waals surface area contributed by atoms with Gasteiger partial charge in [0, 0.05) is 5.56 Å². The normalized spacial score (nSPS) is 12.8. The summed E-state index contributed by atoms with van der Waals surface area (Å²) in [7, 11) is 0. The lowest BCUT2D eigenvalue weighted by Crippen LogP contribution is -2.26. The largest absolute Gasteiger partial charge is 0.393 e. The number of nitrogens with zero attached hydrogens (tertiary/aromatic N) is 1. The van der Waals surface area contributed by atoms with Crippen molar-refractivity contribution in [3.05, 3.63) is 27.7 Å². The Morgan fingerprint density at radius 3 is 2.06 bits per heavy atom. The van der Waals surface area contributed by atoms with Gasteiger partial charge in [-0.1, -0.05) is 0 Å². The Morgan fingerprint density at radius 2 is 1.59 bits per heavy atom. The molecular weight excluding hydrogens is 254 g/mol. The second kappa shape index (κ2) is 4.38. The number of aromatic amines is 1. The first-order valence-corrected chi connectivity index (χ1v) is 4.27. The molecule has 0 spiro atoms. The van der Waals surface area contributed by atoms with Gasteiger partial charge in [-0.15, -0.1) is 0 Å². The van der Waals surface area contributed by atoms with Gasteiger partial charge in [0.2, 0.25) is 0 Å². The molecule has 0 saturated heterocycles. The van der Waals surface area contributed by atoms with Crippen LogP contribution in [0.5, 0.6) is 0 Å². The number of halogens is 6. The Kier molecular flexibility index (Phi) is 3.48. The summed E-state index contributed by atoms with van der Waals surface area (Å²) in [5.74, 6) is 0. The molecule has 1 rings (SSSR count). The molecular formula is C8H6F6N2O. The molecule has 0 aliphatic carbocycles. The zero-order chi connectivity index (χ0) is 13.3. The van der Waals surface area contributed by atoms with Crippen LogP contribution < -0.4 is 5.56 Å². The molecule has 1 aromatic heterocycles. The van der Waals surface area contributed by atoms with Crippen molar-refractivity contribution in [2.75, 3.05) is 0 Å². The van der Waals surface area contributed by atoms with E-state index in [0.29, 0.717) is 6.20 Å². The highest BCUT2D eigenvalue weighted by Crippen LogP contribution is 2.25. The van der Waals surface area contributed by atoms with E-state index in [0.717, 1.165) is 0 Å². The number of aromatic nitrogens is 2. The van der Waals surface area contributed by atoms with E-state index in [4.69, 9.17) is 0 Å². The van der Waals surface area contributed by atoms with Gasteiger partial charge in [-0.05, 0) is 5.56 Å². The predicted molar refractivity (Wildman–Crippen MR) is 44.4 cm³/mol. The first kappa shape index (κ1) is 13.5. The minimum atomic E-state index is -4.76. The third-order valence-electron chi connectivity index (χ3n) is 1.82. The number of nitrogens with one attached hydrogen (secondary N) is 1. The Balaban J connectivity index is 3.14. The number of hydrogen-bond acceptors (Lipinski definition) is 2. The Hall–Kier alpha value is -1.54. The zero-order valence-corrected chi connectivity index (χ0v) is 8.11. The van der Waals surface area contributed by atoms with Crippen LogP contribution in [0, 0.1) is 0 Å².